The van der Waals surface area contributed by atoms with Gasteiger partial charge in [0.05, 0.1) is 24.5 Å². The Morgan fingerprint density at radius 2 is 2.10 bits per heavy atom. The molecule has 0 saturated carbocycles. The Bertz CT molecular complexity index is 921. The van der Waals surface area contributed by atoms with Crippen molar-refractivity contribution in [1.82, 2.24) is 9.80 Å². The molecule has 2 saturated heterocycles. The fourth-order valence-electron chi connectivity index (χ4n) is 5.49. The first-order valence-corrected chi connectivity index (χ1v) is 10.4. The fraction of sp³-hybridized carbons (Fsp3) is 0.565. The smallest absolute Gasteiger partial charge is 0.230 e. The van der Waals surface area contributed by atoms with Crippen LogP contribution < -0.4 is 0 Å². The Morgan fingerprint density at radius 1 is 1.31 bits per heavy atom. The van der Waals surface area contributed by atoms with Gasteiger partial charge in [0.1, 0.15) is 11.4 Å². The van der Waals surface area contributed by atoms with Crippen LogP contribution in [0, 0.1) is 23.1 Å². The van der Waals surface area contributed by atoms with E-state index in [9.17, 15) is 14.0 Å². The molecule has 4 atom stereocenters. The lowest BCUT2D eigenvalue weighted by Crippen LogP contribution is -2.47. The Hall–Kier alpha value is -2.21. The van der Waals surface area contributed by atoms with Crippen LogP contribution in [0.4, 0.5) is 4.39 Å². The van der Waals surface area contributed by atoms with Crippen LogP contribution in [0.5, 0.6) is 0 Å². The minimum atomic E-state index is -0.673. The summed E-state index contributed by atoms with van der Waals surface area (Å²) in [6, 6.07) is 4.78. The molecule has 2 fully saturated rings. The van der Waals surface area contributed by atoms with Crippen molar-refractivity contribution >= 4 is 11.8 Å². The summed E-state index contributed by atoms with van der Waals surface area (Å²) in [5, 5.41) is 0. The van der Waals surface area contributed by atoms with Gasteiger partial charge in [-0.2, -0.15) is 0 Å². The summed E-state index contributed by atoms with van der Waals surface area (Å²) >= 11 is 0. The van der Waals surface area contributed by atoms with Crippen molar-refractivity contribution in [2.24, 2.45) is 17.3 Å². The van der Waals surface area contributed by atoms with E-state index in [0.29, 0.717) is 32.6 Å². The molecule has 0 aliphatic carbocycles. The summed E-state index contributed by atoms with van der Waals surface area (Å²) in [6.07, 6.45) is 4.30. The van der Waals surface area contributed by atoms with Crippen molar-refractivity contribution in [1.29, 1.82) is 0 Å². The van der Waals surface area contributed by atoms with E-state index in [1.807, 2.05) is 17.1 Å². The number of benzene rings is 1. The zero-order valence-corrected chi connectivity index (χ0v) is 17.2. The maximum absolute atomic E-state index is 13.7. The molecular weight excluding hydrogens is 371 g/mol. The highest BCUT2D eigenvalue weighted by Gasteiger charge is 2.67. The van der Waals surface area contributed by atoms with Crippen LogP contribution in [-0.4, -0.2) is 53.0 Å². The second-order valence-electron chi connectivity index (χ2n) is 10.1. The average molecular weight is 398 g/mol. The van der Waals surface area contributed by atoms with Gasteiger partial charge in [-0.15, -0.1) is 0 Å². The number of nitrogens with zero attached hydrogens (tertiary/aromatic N) is 2. The molecule has 1 spiro atoms. The van der Waals surface area contributed by atoms with Crippen LogP contribution in [0.3, 0.4) is 0 Å². The molecule has 29 heavy (non-hydrogen) atoms. The van der Waals surface area contributed by atoms with Crippen molar-refractivity contribution in [3.05, 3.63) is 47.3 Å². The number of carbonyl (C=O) groups is 2. The van der Waals surface area contributed by atoms with Gasteiger partial charge < -0.3 is 14.5 Å². The number of rotatable bonds is 2. The molecule has 4 heterocycles. The van der Waals surface area contributed by atoms with Crippen molar-refractivity contribution < 1.29 is 18.7 Å². The van der Waals surface area contributed by atoms with Gasteiger partial charge in [0.2, 0.25) is 11.8 Å². The number of carbonyl (C=O) groups excluding carboxylic acids is 2. The van der Waals surface area contributed by atoms with Gasteiger partial charge in [0.15, 0.2) is 0 Å². The Morgan fingerprint density at radius 3 is 2.86 bits per heavy atom. The summed E-state index contributed by atoms with van der Waals surface area (Å²) in [5.74, 6) is -1.26. The summed E-state index contributed by atoms with van der Waals surface area (Å²) in [5.41, 5.74) is 1.25. The van der Waals surface area contributed by atoms with E-state index < -0.39 is 17.4 Å². The lowest BCUT2D eigenvalue weighted by atomic mass is 9.76. The van der Waals surface area contributed by atoms with Crippen LogP contribution >= 0.6 is 0 Å². The van der Waals surface area contributed by atoms with E-state index in [2.05, 4.69) is 20.8 Å². The minimum Gasteiger partial charge on any atom is -0.360 e. The van der Waals surface area contributed by atoms with Gasteiger partial charge >= 0.3 is 0 Å². The maximum Gasteiger partial charge on any atom is 0.230 e. The molecule has 0 aromatic heterocycles. The Labute approximate surface area is 170 Å². The second kappa shape index (κ2) is 6.14. The summed E-state index contributed by atoms with van der Waals surface area (Å²) in [6.45, 7) is 8.44. The van der Waals surface area contributed by atoms with Crippen LogP contribution in [0.25, 0.3) is 0 Å². The highest BCUT2D eigenvalue weighted by atomic mass is 19.1. The molecule has 2 unspecified atom stereocenters. The number of hydrogen-bond donors (Lipinski definition) is 0. The molecule has 1 aromatic rings. The monoisotopic (exact) mass is 398 g/mol. The SMILES string of the molecule is CC(C)(C)CN1C[C@@]23C=C[C@@H](O2)C(C(=O)N2CCc4ccc(F)cc4C2)C3C1=O. The molecule has 6 heteroatoms. The molecule has 2 bridgehead atoms. The molecule has 154 valence electrons. The summed E-state index contributed by atoms with van der Waals surface area (Å²) in [7, 11) is 0. The molecule has 4 aliphatic heterocycles. The van der Waals surface area contributed by atoms with E-state index in [1.54, 1.807) is 11.0 Å². The minimum absolute atomic E-state index is 0.0210. The third-order valence-corrected chi connectivity index (χ3v) is 6.62. The van der Waals surface area contributed by atoms with Gasteiger partial charge in [-0.05, 0) is 35.1 Å². The van der Waals surface area contributed by atoms with E-state index in [0.717, 1.165) is 11.1 Å². The van der Waals surface area contributed by atoms with Crippen LogP contribution in [0.15, 0.2) is 30.4 Å². The van der Waals surface area contributed by atoms with E-state index >= 15 is 0 Å². The number of amides is 2. The van der Waals surface area contributed by atoms with Crippen molar-refractivity contribution in [3.8, 4) is 0 Å². The first-order valence-electron chi connectivity index (χ1n) is 10.4. The normalized spacial score (nSPS) is 32.7. The predicted octanol–water partition coefficient (Wildman–Crippen LogP) is 2.54. The number of halogens is 1. The van der Waals surface area contributed by atoms with Crippen LogP contribution in [0.1, 0.15) is 31.9 Å². The quantitative estimate of drug-likeness (QED) is 0.720. The maximum atomic E-state index is 13.7. The predicted molar refractivity (Wildman–Crippen MR) is 105 cm³/mol. The molecule has 1 aromatic carbocycles. The summed E-state index contributed by atoms with van der Waals surface area (Å²) < 4.78 is 19.9. The summed E-state index contributed by atoms with van der Waals surface area (Å²) in [4.78, 5) is 30.4. The lowest BCUT2D eigenvalue weighted by molar-refractivity contribution is -0.144. The fourth-order valence-corrected chi connectivity index (χ4v) is 5.49. The van der Waals surface area contributed by atoms with E-state index in [4.69, 9.17) is 4.74 Å². The second-order valence-corrected chi connectivity index (χ2v) is 10.1. The third-order valence-electron chi connectivity index (χ3n) is 6.62. The lowest BCUT2D eigenvalue weighted by Gasteiger charge is -2.34. The number of likely N-dealkylation sites (tertiary alicyclic amines) is 1. The van der Waals surface area contributed by atoms with E-state index in [1.165, 1.54) is 12.1 Å². The zero-order valence-electron chi connectivity index (χ0n) is 17.2. The number of fused-ring (bicyclic) bond motifs is 2. The molecule has 2 amide bonds. The van der Waals surface area contributed by atoms with Gasteiger partial charge in [0.25, 0.3) is 0 Å². The first-order chi connectivity index (χ1) is 13.7. The molecule has 5 rings (SSSR count). The Balaban J connectivity index is 1.40. The number of ether oxygens (including phenoxy) is 1. The van der Waals surface area contributed by atoms with E-state index in [-0.39, 0.29) is 29.2 Å². The molecule has 4 aliphatic rings. The highest BCUT2D eigenvalue weighted by Crippen LogP contribution is 2.52. The van der Waals surface area contributed by atoms with Crippen molar-refractivity contribution in [3.63, 3.8) is 0 Å². The molecule has 0 radical (unpaired) electrons. The van der Waals surface area contributed by atoms with Crippen molar-refractivity contribution in [2.75, 3.05) is 19.6 Å². The highest BCUT2D eigenvalue weighted by molar-refractivity contribution is 5.93. The largest absolute Gasteiger partial charge is 0.360 e. The number of hydrogen-bond acceptors (Lipinski definition) is 3. The van der Waals surface area contributed by atoms with Gasteiger partial charge in [-0.3, -0.25) is 9.59 Å². The molecule has 0 N–H and O–H groups in total. The molecule has 5 nitrogen and oxygen atoms in total. The van der Waals surface area contributed by atoms with Gasteiger partial charge in [0, 0.05) is 19.6 Å². The van der Waals surface area contributed by atoms with Crippen LogP contribution in [0.2, 0.25) is 0 Å². The third kappa shape index (κ3) is 2.91. The topological polar surface area (TPSA) is 49.9 Å². The van der Waals surface area contributed by atoms with Gasteiger partial charge in [-0.25, -0.2) is 4.39 Å². The van der Waals surface area contributed by atoms with Gasteiger partial charge in [-0.1, -0.05) is 39.0 Å². The first kappa shape index (κ1) is 18.8. The standard InChI is InChI=1S/C23H27FN2O3/c1-22(2,3)12-26-13-23-8-6-17(29-23)18(19(23)21(26)28)20(27)25-9-7-14-4-5-16(24)10-15(14)11-25/h4-6,8,10,17-19H,7,9,11-13H2,1-3H3/t17-,18?,19?,23-/m1/s1. The zero-order chi connectivity index (χ0) is 20.6. The van der Waals surface area contributed by atoms with Crippen molar-refractivity contribution in [2.45, 2.75) is 45.4 Å². The average Bonchev–Trinajstić information content (AvgIpc) is 3.27. The molecular formula is C23H27FN2O3. The van der Waals surface area contributed by atoms with Crippen LogP contribution in [-0.2, 0) is 27.3 Å². The Kier molecular flexibility index (Phi) is 3.98.